The van der Waals surface area contributed by atoms with Crippen LogP contribution in [0.4, 0.5) is 0 Å². The normalized spacial score (nSPS) is 19.2. The highest BCUT2D eigenvalue weighted by Gasteiger charge is 2.31. The number of rotatable bonds is 5. The van der Waals surface area contributed by atoms with Crippen LogP contribution in [0.1, 0.15) is 37.4 Å². The number of hydrogen-bond acceptors (Lipinski definition) is 4. The van der Waals surface area contributed by atoms with Crippen LogP contribution in [0.25, 0.3) is 11.0 Å². The number of aromatic nitrogens is 2. The fraction of sp³-hybridized carbons (Fsp3) is 0.611. The minimum absolute atomic E-state index is 0.640. The van der Waals surface area contributed by atoms with Crippen molar-refractivity contribution < 1.29 is 9.47 Å². The highest BCUT2D eigenvalue weighted by atomic mass is 16.5. The summed E-state index contributed by atoms with van der Waals surface area (Å²) in [5.74, 6) is 4.18. The fourth-order valence-corrected chi connectivity index (χ4v) is 3.64. The third-order valence-corrected chi connectivity index (χ3v) is 5.13. The highest BCUT2D eigenvalue weighted by Crippen LogP contribution is 2.42. The molecule has 124 valence electrons. The summed E-state index contributed by atoms with van der Waals surface area (Å²) in [7, 11) is 3.37. The zero-order chi connectivity index (χ0) is 15.8. The third-order valence-electron chi connectivity index (χ3n) is 5.13. The van der Waals surface area contributed by atoms with E-state index in [0.29, 0.717) is 5.92 Å². The van der Waals surface area contributed by atoms with Gasteiger partial charge in [0.05, 0.1) is 25.3 Å². The van der Waals surface area contributed by atoms with Gasteiger partial charge in [-0.1, -0.05) is 0 Å². The van der Waals surface area contributed by atoms with Crippen LogP contribution in [-0.2, 0) is 6.54 Å². The van der Waals surface area contributed by atoms with E-state index in [1.54, 1.807) is 14.2 Å². The number of piperidine rings is 1. The number of ether oxygens (including phenoxy) is 2. The van der Waals surface area contributed by atoms with E-state index in [9.17, 15) is 0 Å². The number of benzene rings is 1. The molecular formula is C18H25N3O2. The number of fused-ring (bicyclic) bond motifs is 1. The molecule has 1 N–H and O–H groups in total. The standard InChI is InChI=1S/C18H25N3O2/c1-22-16-9-14-15(10-17(16)23-2)21(18(20-14)13-3-4-13)11-12-5-7-19-8-6-12/h9-10,12-13,19H,3-8,11H2,1-2H3. The summed E-state index contributed by atoms with van der Waals surface area (Å²) >= 11 is 0. The molecule has 0 amide bonds. The SMILES string of the molecule is COc1cc2nc(C3CC3)n(CC3CCNCC3)c2cc1OC. The van der Waals surface area contributed by atoms with Crippen LogP contribution in [0.3, 0.4) is 0 Å². The molecule has 23 heavy (non-hydrogen) atoms. The molecule has 5 nitrogen and oxygen atoms in total. The van der Waals surface area contributed by atoms with Gasteiger partial charge in [0, 0.05) is 24.6 Å². The van der Waals surface area contributed by atoms with Gasteiger partial charge in [-0.2, -0.15) is 0 Å². The van der Waals surface area contributed by atoms with Crippen molar-refractivity contribution in [3.63, 3.8) is 0 Å². The van der Waals surface area contributed by atoms with E-state index in [4.69, 9.17) is 14.5 Å². The van der Waals surface area contributed by atoms with Crippen molar-refractivity contribution in [1.29, 1.82) is 0 Å². The Balaban J connectivity index is 1.77. The van der Waals surface area contributed by atoms with Crippen molar-refractivity contribution in [2.45, 2.75) is 38.1 Å². The van der Waals surface area contributed by atoms with Crippen molar-refractivity contribution in [3.05, 3.63) is 18.0 Å². The largest absolute Gasteiger partial charge is 0.493 e. The van der Waals surface area contributed by atoms with Crippen molar-refractivity contribution in [2.75, 3.05) is 27.3 Å². The third kappa shape index (κ3) is 2.78. The number of hydrogen-bond donors (Lipinski definition) is 1. The second-order valence-electron chi connectivity index (χ2n) is 6.74. The summed E-state index contributed by atoms with van der Waals surface area (Å²) in [5, 5.41) is 3.45. The summed E-state index contributed by atoms with van der Waals surface area (Å²) in [6, 6.07) is 4.10. The Labute approximate surface area is 137 Å². The maximum Gasteiger partial charge on any atom is 0.163 e. The molecule has 2 heterocycles. The number of nitrogens with zero attached hydrogens (tertiary/aromatic N) is 2. The molecule has 4 rings (SSSR count). The van der Waals surface area contributed by atoms with Crippen molar-refractivity contribution in [3.8, 4) is 11.5 Å². The minimum Gasteiger partial charge on any atom is -0.493 e. The van der Waals surface area contributed by atoms with E-state index in [1.165, 1.54) is 37.0 Å². The lowest BCUT2D eigenvalue weighted by Crippen LogP contribution is -2.30. The first kappa shape index (κ1) is 14.8. The molecule has 1 aromatic carbocycles. The molecule has 1 saturated carbocycles. The predicted molar refractivity (Wildman–Crippen MR) is 90.4 cm³/mol. The number of imidazole rings is 1. The van der Waals surface area contributed by atoms with Crippen LogP contribution < -0.4 is 14.8 Å². The monoisotopic (exact) mass is 315 g/mol. The molecule has 0 bridgehead atoms. The molecule has 1 aliphatic heterocycles. The molecule has 0 atom stereocenters. The molecule has 2 aromatic rings. The molecule has 2 aliphatic rings. The van der Waals surface area contributed by atoms with Gasteiger partial charge in [-0.15, -0.1) is 0 Å². The van der Waals surface area contributed by atoms with E-state index in [2.05, 4.69) is 16.0 Å². The van der Waals surface area contributed by atoms with Crippen molar-refractivity contribution in [1.82, 2.24) is 14.9 Å². The first-order chi connectivity index (χ1) is 11.3. The van der Waals surface area contributed by atoms with E-state index in [1.807, 2.05) is 6.07 Å². The Morgan fingerprint density at radius 3 is 2.43 bits per heavy atom. The Hall–Kier alpha value is -1.75. The van der Waals surface area contributed by atoms with Gasteiger partial charge >= 0.3 is 0 Å². The van der Waals surface area contributed by atoms with Gasteiger partial charge in [0.2, 0.25) is 0 Å². The first-order valence-corrected chi connectivity index (χ1v) is 8.63. The van der Waals surface area contributed by atoms with Crippen molar-refractivity contribution >= 4 is 11.0 Å². The number of nitrogens with one attached hydrogen (secondary N) is 1. The Morgan fingerprint density at radius 2 is 1.78 bits per heavy atom. The molecular weight excluding hydrogens is 290 g/mol. The summed E-state index contributed by atoms with van der Waals surface area (Å²) in [5.41, 5.74) is 2.21. The van der Waals surface area contributed by atoms with Gasteiger partial charge in [-0.05, 0) is 44.7 Å². The summed E-state index contributed by atoms with van der Waals surface area (Å²) in [4.78, 5) is 4.94. The van der Waals surface area contributed by atoms with E-state index in [-0.39, 0.29) is 0 Å². The van der Waals surface area contributed by atoms with Gasteiger partial charge in [-0.25, -0.2) is 4.98 Å². The van der Waals surface area contributed by atoms with Gasteiger partial charge in [0.25, 0.3) is 0 Å². The quantitative estimate of drug-likeness (QED) is 0.921. The second-order valence-corrected chi connectivity index (χ2v) is 6.74. The van der Waals surface area contributed by atoms with Gasteiger partial charge < -0.3 is 19.4 Å². The maximum atomic E-state index is 5.50. The number of methoxy groups -OCH3 is 2. The average Bonchev–Trinajstić information content (AvgIpc) is 3.38. The lowest BCUT2D eigenvalue weighted by molar-refractivity contribution is 0.332. The van der Waals surface area contributed by atoms with Crippen molar-refractivity contribution in [2.24, 2.45) is 5.92 Å². The zero-order valence-corrected chi connectivity index (χ0v) is 14.0. The Bertz CT molecular complexity index is 700. The first-order valence-electron chi connectivity index (χ1n) is 8.63. The van der Waals surface area contributed by atoms with E-state index in [0.717, 1.165) is 42.6 Å². The molecule has 1 aromatic heterocycles. The van der Waals surface area contributed by atoms with Crippen LogP contribution in [-0.4, -0.2) is 36.9 Å². The molecule has 2 fully saturated rings. The van der Waals surface area contributed by atoms with Crippen LogP contribution in [0, 0.1) is 5.92 Å². The Morgan fingerprint density at radius 1 is 1.09 bits per heavy atom. The van der Waals surface area contributed by atoms with Crippen LogP contribution >= 0.6 is 0 Å². The van der Waals surface area contributed by atoms with E-state index < -0.39 is 0 Å². The minimum atomic E-state index is 0.640. The maximum absolute atomic E-state index is 5.50. The second kappa shape index (κ2) is 6.04. The summed E-state index contributed by atoms with van der Waals surface area (Å²) in [6.45, 7) is 3.33. The lowest BCUT2D eigenvalue weighted by atomic mass is 9.98. The average molecular weight is 315 g/mol. The highest BCUT2D eigenvalue weighted by molar-refractivity contribution is 5.81. The molecule has 5 heteroatoms. The summed E-state index contributed by atoms with van der Waals surface area (Å²) < 4.78 is 13.4. The summed E-state index contributed by atoms with van der Waals surface area (Å²) in [6.07, 6.45) is 5.03. The van der Waals surface area contributed by atoms with Crippen LogP contribution in [0.5, 0.6) is 11.5 Å². The topological polar surface area (TPSA) is 48.3 Å². The fourth-order valence-electron chi connectivity index (χ4n) is 3.64. The smallest absolute Gasteiger partial charge is 0.163 e. The molecule has 1 saturated heterocycles. The van der Waals surface area contributed by atoms with Crippen LogP contribution in [0.15, 0.2) is 12.1 Å². The van der Waals surface area contributed by atoms with Crippen LogP contribution in [0.2, 0.25) is 0 Å². The lowest BCUT2D eigenvalue weighted by Gasteiger charge is -2.24. The molecule has 0 spiro atoms. The van der Waals surface area contributed by atoms with Gasteiger partial charge in [-0.3, -0.25) is 0 Å². The van der Waals surface area contributed by atoms with Gasteiger partial charge in [0.15, 0.2) is 11.5 Å². The molecule has 0 unspecified atom stereocenters. The Kier molecular flexibility index (Phi) is 3.89. The predicted octanol–water partition coefficient (Wildman–Crippen LogP) is 2.93. The zero-order valence-electron chi connectivity index (χ0n) is 14.0. The molecule has 0 radical (unpaired) electrons. The molecule has 1 aliphatic carbocycles. The van der Waals surface area contributed by atoms with Gasteiger partial charge in [0.1, 0.15) is 5.82 Å². The van der Waals surface area contributed by atoms with E-state index >= 15 is 0 Å².